The number of rotatable bonds is 6. The van der Waals surface area contributed by atoms with Crippen LogP contribution in [-0.4, -0.2) is 43.7 Å². The Morgan fingerprint density at radius 1 is 0.921 bits per heavy atom. The van der Waals surface area contributed by atoms with E-state index in [-0.39, 0.29) is 5.69 Å². The number of nitrogens with zero attached hydrogens (tertiary/aromatic N) is 3. The molecule has 4 fully saturated rings. The van der Waals surface area contributed by atoms with Gasteiger partial charge in [-0.25, -0.2) is 9.78 Å². The third-order valence-corrected chi connectivity index (χ3v) is 10.7. The number of likely N-dealkylation sites (tertiary alicyclic amines) is 1. The van der Waals surface area contributed by atoms with E-state index in [0.29, 0.717) is 30.2 Å². The number of hydrogen-bond acceptors (Lipinski definition) is 4. The Morgan fingerprint density at radius 2 is 1.66 bits per heavy atom. The summed E-state index contributed by atoms with van der Waals surface area (Å²) in [5, 5.41) is 9.61. The van der Waals surface area contributed by atoms with Crippen molar-refractivity contribution in [2.75, 3.05) is 0 Å². The van der Waals surface area contributed by atoms with Crippen LogP contribution in [0.25, 0.3) is 11.0 Å². The summed E-state index contributed by atoms with van der Waals surface area (Å²) in [4.78, 5) is 31.9. The molecule has 1 aromatic heterocycles. The zero-order valence-electron chi connectivity index (χ0n) is 23.1. The normalized spacial score (nSPS) is 32.9. The van der Waals surface area contributed by atoms with Crippen molar-refractivity contribution in [1.82, 2.24) is 14.5 Å². The van der Waals surface area contributed by atoms with Crippen LogP contribution in [0.4, 0.5) is 0 Å². The topological polar surface area (TPSA) is 75.4 Å². The molecule has 2 heterocycles. The minimum Gasteiger partial charge on any atom is -0.476 e. The molecule has 206 valence electrons. The van der Waals surface area contributed by atoms with Gasteiger partial charge in [0, 0.05) is 24.7 Å². The third-order valence-electron chi connectivity index (χ3n) is 10.7. The molecule has 6 heteroatoms. The Bertz CT molecular complexity index is 1190. The molecule has 4 aliphatic rings. The Labute approximate surface area is 226 Å². The van der Waals surface area contributed by atoms with E-state index in [4.69, 9.17) is 0 Å². The van der Waals surface area contributed by atoms with Crippen molar-refractivity contribution in [3.8, 4) is 0 Å². The maximum absolute atomic E-state index is 13.1. The molecule has 0 radical (unpaired) electrons. The average Bonchev–Trinajstić information content (AvgIpc) is 2.92. The predicted octanol–water partition coefficient (Wildman–Crippen LogP) is 6.50. The van der Waals surface area contributed by atoms with Crippen molar-refractivity contribution in [1.29, 1.82) is 0 Å². The van der Waals surface area contributed by atoms with Crippen molar-refractivity contribution in [2.24, 2.45) is 23.7 Å². The Balaban J connectivity index is 1.19. The summed E-state index contributed by atoms with van der Waals surface area (Å²) in [6.07, 6.45) is 18.9. The highest BCUT2D eigenvalue weighted by molar-refractivity contribution is 5.88. The molecule has 1 N–H and O–H groups in total. The second kappa shape index (κ2) is 11.1. The van der Waals surface area contributed by atoms with Crippen molar-refractivity contribution < 1.29 is 9.90 Å². The van der Waals surface area contributed by atoms with E-state index < -0.39 is 11.5 Å². The lowest BCUT2D eigenvalue weighted by Crippen LogP contribution is -2.54. The van der Waals surface area contributed by atoms with Crippen LogP contribution >= 0.6 is 0 Å². The molecule has 38 heavy (non-hydrogen) atoms. The van der Waals surface area contributed by atoms with Crippen LogP contribution in [0.1, 0.15) is 107 Å². The molecule has 2 bridgehead atoms. The molecular weight excluding hydrogens is 474 g/mol. The van der Waals surface area contributed by atoms with E-state index in [1.807, 2.05) is 18.2 Å². The van der Waals surface area contributed by atoms with Crippen molar-refractivity contribution in [2.45, 2.75) is 121 Å². The Kier molecular flexibility index (Phi) is 7.61. The summed E-state index contributed by atoms with van der Waals surface area (Å²) in [6, 6.07) is 9.12. The van der Waals surface area contributed by atoms with Crippen LogP contribution in [0.5, 0.6) is 0 Å². The maximum Gasteiger partial charge on any atom is 0.360 e. The molecule has 3 saturated carbocycles. The van der Waals surface area contributed by atoms with Crippen LogP contribution in [0, 0.1) is 23.7 Å². The number of carboxylic acids is 1. The smallest absolute Gasteiger partial charge is 0.360 e. The molecule has 1 aromatic carbocycles. The van der Waals surface area contributed by atoms with Gasteiger partial charge in [-0.3, -0.25) is 9.69 Å². The van der Waals surface area contributed by atoms with Gasteiger partial charge in [0.05, 0.1) is 11.0 Å². The first-order valence-electron chi connectivity index (χ1n) is 15.5. The SMILES string of the molecule is C[C@H]1CCC[C@@H](CCn2c(=O)c(C(=O)O)nc3ccccc32)N1C1C[C@H]2CC(C3CCCCC3)C[C@@H](C1)C2. The summed E-state index contributed by atoms with van der Waals surface area (Å²) in [5.74, 6) is 2.50. The summed E-state index contributed by atoms with van der Waals surface area (Å²) < 4.78 is 1.67. The number of carboxylic acid groups (broad SMARTS) is 1. The Hall–Kier alpha value is -2.21. The van der Waals surface area contributed by atoms with Gasteiger partial charge >= 0.3 is 5.97 Å². The highest BCUT2D eigenvalue weighted by Crippen LogP contribution is 2.49. The number of hydrogen-bond donors (Lipinski definition) is 1. The van der Waals surface area contributed by atoms with Crippen LogP contribution < -0.4 is 5.56 Å². The second-order valence-electron chi connectivity index (χ2n) is 13.1. The van der Waals surface area contributed by atoms with Crippen LogP contribution in [-0.2, 0) is 6.54 Å². The third kappa shape index (κ3) is 5.17. The first-order valence-corrected chi connectivity index (χ1v) is 15.5. The number of aromatic nitrogens is 2. The minimum atomic E-state index is -1.25. The molecule has 2 aromatic rings. The average molecular weight is 520 g/mol. The van der Waals surface area contributed by atoms with Gasteiger partial charge in [0.25, 0.3) is 5.56 Å². The number of carbonyl (C=O) groups is 1. The zero-order valence-corrected chi connectivity index (χ0v) is 23.1. The number of para-hydroxylation sites is 2. The summed E-state index contributed by atoms with van der Waals surface area (Å²) in [7, 11) is 0. The van der Waals surface area contributed by atoms with E-state index in [0.717, 1.165) is 35.6 Å². The lowest BCUT2D eigenvalue weighted by molar-refractivity contribution is -0.0245. The van der Waals surface area contributed by atoms with Gasteiger partial charge in [0.2, 0.25) is 5.69 Å². The molecule has 0 amide bonds. The van der Waals surface area contributed by atoms with E-state index >= 15 is 0 Å². The van der Waals surface area contributed by atoms with Crippen LogP contribution in [0.2, 0.25) is 0 Å². The highest BCUT2D eigenvalue weighted by Gasteiger charge is 2.43. The second-order valence-corrected chi connectivity index (χ2v) is 13.1. The van der Waals surface area contributed by atoms with Gasteiger partial charge in [-0.1, -0.05) is 50.7 Å². The van der Waals surface area contributed by atoms with E-state index in [9.17, 15) is 14.7 Å². The molecule has 1 saturated heterocycles. The molecular formula is C32H45N3O3. The molecule has 3 aliphatic carbocycles. The standard InChI is InChI=1S/C32H45N3O3/c1-21-8-7-11-26(14-15-34-29-13-6-5-12-28(29)33-30(31(34)36)32(37)38)35(21)27-19-22-16-23(20-27)18-25(17-22)24-9-3-2-4-10-24/h5-6,12-13,21-27H,2-4,7-11,14-20H2,1H3,(H,37,38)/t21-,22-,23+,25?,26-,27?/m0/s1. The molecule has 6 nitrogen and oxygen atoms in total. The van der Waals surface area contributed by atoms with Gasteiger partial charge in [-0.2, -0.15) is 0 Å². The van der Waals surface area contributed by atoms with E-state index in [1.54, 1.807) is 10.6 Å². The summed E-state index contributed by atoms with van der Waals surface area (Å²) in [6.45, 7) is 2.96. The van der Waals surface area contributed by atoms with Gasteiger partial charge < -0.3 is 9.67 Å². The van der Waals surface area contributed by atoms with E-state index in [1.165, 1.54) is 83.5 Å². The lowest BCUT2D eigenvalue weighted by Gasteiger charge is -2.52. The van der Waals surface area contributed by atoms with Crippen LogP contribution in [0.15, 0.2) is 29.1 Å². The maximum atomic E-state index is 13.1. The quantitative estimate of drug-likeness (QED) is 0.471. The molecule has 0 spiro atoms. The lowest BCUT2D eigenvalue weighted by atomic mass is 9.61. The molecule has 1 aliphatic heterocycles. The molecule has 2 unspecified atom stereocenters. The number of piperidine rings is 1. The predicted molar refractivity (Wildman–Crippen MR) is 150 cm³/mol. The number of benzene rings is 1. The molecule has 6 rings (SSSR count). The number of fused-ring (bicyclic) bond motifs is 3. The minimum absolute atomic E-state index is 0.370. The summed E-state index contributed by atoms with van der Waals surface area (Å²) in [5.41, 5.74) is 0.461. The fourth-order valence-corrected chi connectivity index (χ4v) is 9.19. The monoisotopic (exact) mass is 519 g/mol. The number of aryl methyl sites for hydroxylation is 1. The van der Waals surface area contributed by atoms with Crippen molar-refractivity contribution in [3.63, 3.8) is 0 Å². The van der Waals surface area contributed by atoms with Gasteiger partial charge in [0.15, 0.2) is 0 Å². The van der Waals surface area contributed by atoms with Crippen molar-refractivity contribution in [3.05, 3.63) is 40.3 Å². The highest BCUT2D eigenvalue weighted by atomic mass is 16.4. The first-order chi connectivity index (χ1) is 18.5. The fourth-order valence-electron chi connectivity index (χ4n) is 9.19. The van der Waals surface area contributed by atoms with Gasteiger partial charge in [-0.05, 0) is 94.1 Å². The first kappa shape index (κ1) is 26.0. The Morgan fingerprint density at radius 3 is 2.39 bits per heavy atom. The fraction of sp³-hybridized carbons (Fsp3) is 0.719. The van der Waals surface area contributed by atoms with Crippen molar-refractivity contribution >= 4 is 17.0 Å². The molecule has 6 atom stereocenters. The van der Waals surface area contributed by atoms with E-state index in [2.05, 4.69) is 16.8 Å². The van der Waals surface area contributed by atoms with Gasteiger partial charge in [0.1, 0.15) is 0 Å². The summed E-state index contributed by atoms with van der Waals surface area (Å²) >= 11 is 0. The largest absolute Gasteiger partial charge is 0.476 e. The van der Waals surface area contributed by atoms with Crippen LogP contribution in [0.3, 0.4) is 0 Å². The van der Waals surface area contributed by atoms with Gasteiger partial charge in [-0.15, -0.1) is 0 Å². The zero-order chi connectivity index (χ0) is 26.2. The number of aromatic carboxylic acids is 1.